The van der Waals surface area contributed by atoms with Crippen LogP contribution in [0, 0.1) is 5.41 Å². The van der Waals surface area contributed by atoms with E-state index >= 15 is 0 Å². The van der Waals surface area contributed by atoms with Gasteiger partial charge in [-0.25, -0.2) is 0 Å². The van der Waals surface area contributed by atoms with E-state index in [1.807, 2.05) is 25.7 Å². The Morgan fingerprint density at radius 3 is 2.72 bits per heavy atom. The molecule has 1 aliphatic rings. The Morgan fingerprint density at radius 1 is 1.33 bits per heavy atom. The molecule has 1 aliphatic heterocycles. The third-order valence-corrected chi connectivity index (χ3v) is 3.33. The maximum atomic E-state index is 12.5. The minimum atomic E-state index is -0.336. The zero-order valence-electron chi connectivity index (χ0n) is 11.4. The maximum Gasteiger partial charge on any atom is 0.228 e. The summed E-state index contributed by atoms with van der Waals surface area (Å²) in [5.41, 5.74) is 0.576. The predicted octanol–water partition coefficient (Wildman–Crippen LogP) is 2.58. The van der Waals surface area contributed by atoms with Crippen molar-refractivity contribution in [1.29, 1.82) is 0 Å². The lowest BCUT2D eigenvalue weighted by molar-refractivity contribution is -0.143. The molecule has 1 atom stereocenters. The topological polar surface area (TPSA) is 46.1 Å². The molecule has 0 unspecified atom stereocenters. The van der Waals surface area contributed by atoms with Gasteiger partial charge in [0.25, 0.3) is 0 Å². The molecule has 1 saturated heterocycles. The van der Waals surface area contributed by atoms with Gasteiger partial charge in [0.1, 0.15) is 0 Å². The van der Waals surface area contributed by atoms with Gasteiger partial charge in [-0.15, -0.1) is 0 Å². The fraction of sp³-hybridized carbons (Fsp3) is 0.643. The average Bonchev–Trinajstić information content (AvgIpc) is 2.38. The molecule has 4 heteroatoms. The highest BCUT2D eigenvalue weighted by atomic mass is 16.2. The molecular formula is C14H21N3O. The average molecular weight is 247 g/mol. The van der Waals surface area contributed by atoms with E-state index in [4.69, 9.17) is 0 Å². The molecular weight excluding hydrogens is 226 g/mol. The standard InChI is InChI=1S/C14H21N3O/c1-14(2,3)13(18)17-9-5-4-6-12(17)11-10-15-7-8-16-11/h7-8,10,12H,4-6,9H2,1-3H3/t12-/m0/s1. The minimum Gasteiger partial charge on any atom is -0.334 e. The number of piperidine rings is 1. The number of nitrogens with zero attached hydrogens (tertiary/aromatic N) is 3. The van der Waals surface area contributed by atoms with Crippen LogP contribution in [0.5, 0.6) is 0 Å². The van der Waals surface area contributed by atoms with Crippen LogP contribution in [-0.4, -0.2) is 27.3 Å². The van der Waals surface area contributed by atoms with Gasteiger partial charge in [0.15, 0.2) is 0 Å². The van der Waals surface area contributed by atoms with Gasteiger partial charge in [-0.2, -0.15) is 0 Å². The third kappa shape index (κ3) is 2.68. The molecule has 2 rings (SSSR count). The van der Waals surface area contributed by atoms with Gasteiger partial charge < -0.3 is 4.90 Å². The second-order valence-electron chi connectivity index (χ2n) is 5.89. The van der Waals surface area contributed by atoms with Crippen LogP contribution in [0.4, 0.5) is 0 Å². The third-order valence-electron chi connectivity index (χ3n) is 3.33. The van der Waals surface area contributed by atoms with Gasteiger partial charge in [-0.1, -0.05) is 20.8 Å². The number of hydrogen-bond acceptors (Lipinski definition) is 3. The van der Waals surface area contributed by atoms with E-state index in [0.29, 0.717) is 0 Å². The summed E-state index contributed by atoms with van der Waals surface area (Å²) >= 11 is 0. The Hall–Kier alpha value is -1.45. The van der Waals surface area contributed by atoms with Gasteiger partial charge in [-0.3, -0.25) is 14.8 Å². The second kappa shape index (κ2) is 5.04. The van der Waals surface area contributed by atoms with Crippen LogP contribution in [0.25, 0.3) is 0 Å². The molecule has 1 amide bonds. The number of likely N-dealkylation sites (tertiary alicyclic amines) is 1. The molecule has 0 N–H and O–H groups in total. The van der Waals surface area contributed by atoms with Crippen LogP contribution in [0.1, 0.15) is 51.8 Å². The molecule has 2 heterocycles. The van der Waals surface area contributed by atoms with Gasteiger partial charge in [0.2, 0.25) is 5.91 Å². The zero-order valence-corrected chi connectivity index (χ0v) is 11.4. The van der Waals surface area contributed by atoms with Crippen LogP contribution in [-0.2, 0) is 4.79 Å². The molecule has 0 spiro atoms. The van der Waals surface area contributed by atoms with E-state index in [-0.39, 0.29) is 17.4 Å². The Bertz CT molecular complexity index is 411. The minimum absolute atomic E-state index is 0.0965. The first kappa shape index (κ1) is 13.0. The van der Waals surface area contributed by atoms with Crippen molar-refractivity contribution in [1.82, 2.24) is 14.9 Å². The number of amides is 1. The molecule has 0 aromatic carbocycles. The number of carbonyl (C=O) groups is 1. The lowest BCUT2D eigenvalue weighted by Crippen LogP contribution is -2.44. The quantitative estimate of drug-likeness (QED) is 0.766. The number of rotatable bonds is 1. The van der Waals surface area contributed by atoms with E-state index in [1.165, 1.54) is 0 Å². The van der Waals surface area contributed by atoms with Crippen molar-refractivity contribution in [2.24, 2.45) is 5.41 Å². The summed E-state index contributed by atoms with van der Waals surface area (Å²) in [7, 11) is 0. The fourth-order valence-electron chi connectivity index (χ4n) is 2.40. The highest BCUT2D eigenvalue weighted by molar-refractivity contribution is 5.82. The lowest BCUT2D eigenvalue weighted by atomic mass is 9.90. The smallest absolute Gasteiger partial charge is 0.228 e. The molecule has 0 saturated carbocycles. The van der Waals surface area contributed by atoms with Gasteiger partial charge in [-0.05, 0) is 19.3 Å². The molecule has 0 bridgehead atoms. The van der Waals surface area contributed by atoms with Crippen molar-refractivity contribution in [2.45, 2.75) is 46.1 Å². The van der Waals surface area contributed by atoms with Crippen molar-refractivity contribution in [3.05, 3.63) is 24.3 Å². The normalized spacial score (nSPS) is 20.8. The summed E-state index contributed by atoms with van der Waals surface area (Å²) in [5, 5.41) is 0. The Balaban J connectivity index is 2.24. The van der Waals surface area contributed by atoms with E-state index in [0.717, 1.165) is 31.5 Å². The molecule has 1 fully saturated rings. The van der Waals surface area contributed by atoms with Crippen molar-refractivity contribution in [3.8, 4) is 0 Å². The van der Waals surface area contributed by atoms with E-state index in [2.05, 4.69) is 9.97 Å². The van der Waals surface area contributed by atoms with Crippen LogP contribution < -0.4 is 0 Å². The van der Waals surface area contributed by atoms with Gasteiger partial charge in [0.05, 0.1) is 17.9 Å². The Morgan fingerprint density at radius 2 is 2.11 bits per heavy atom. The number of carbonyl (C=O) groups excluding carboxylic acids is 1. The molecule has 0 aliphatic carbocycles. The largest absolute Gasteiger partial charge is 0.334 e. The molecule has 0 radical (unpaired) electrons. The molecule has 1 aromatic heterocycles. The van der Waals surface area contributed by atoms with E-state index < -0.39 is 0 Å². The van der Waals surface area contributed by atoms with Crippen molar-refractivity contribution in [2.75, 3.05) is 6.54 Å². The summed E-state index contributed by atoms with van der Waals surface area (Å²) in [5.74, 6) is 0.206. The Kier molecular flexibility index (Phi) is 3.64. The highest BCUT2D eigenvalue weighted by Crippen LogP contribution is 2.32. The lowest BCUT2D eigenvalue weighted by Gasteiger charge is -2.38. The molecule has 98 valence electrons. The summed E-state index contributed by atoms with van der Waals surface area (Å²) in [6, 6.07) is 0.0965. The number of hydrogen-bond donors (Lipinski definition) is 0. The predicted molar refractivity (Wildman–Crippen MR) is 69.8 cm³/mol. The van der Waals surface area contributed by atoms with Gasteiger partial charge >= 0.3 is 0 Å². The summed E-state index contributed by atoms with van der Waals surface area (Å²) in [6.45, 7) is 6.74. The highest BCUT2D eigenvalue weighted by Gasteiger charge is 2.34. The zero-order chi connectivity index (χ0) is 13.2. The number of aromatic nitrogens is 2. The van der Waals surface area contributed by atoms with Crippen molar-refractivity contribution < 1.29 is 4.79 Å². The van der Waals surface area contributed by atoms with Crippen molar-refractivity contribution >= 4 is 5.91 Å². The van der Waals surface area contributed by atoms with Crippen LogP contribution in [0.3, 0.4) is 0 Å². The maximum absolute atomic E-state index is 12.5. The Labute approximate surface area is 108 Å². The van der Waals surface area contributed by atoms with E-state index in [9.17, 15) is 4.79 Å². The molecule has 1 aromatic rings. The second-order valence-corrected chi connectivity index (χ2v) is 5.89. The first-order chi connectivity index (χ1) is 8.50. The fourth-order valence-corrected chi connectivity index (χ4v) is 2.40. The van der Waals surface area contributed by atoms with Gasteiger partial charge in [0, 0.05) is 24.4 Å². The SMILES string of the molecule is CC(C)(C)C(=O)N1CCCC[C@H]1c1cnccn1. The van der Waals surface area contributed by atoms with Crippen LogP contribution in [0.2, 0.25) is 0 Å². The first-order valence-corrected chi connectivity index (χ1v) is 6.57. The summed E-state index contributed by atoms with van der Waals surface area (Å²) in [6.07, 6.45) is 8.36. The summed E-state index contributed by atoms with van der Waals surface area (Å²) < 4.78 is 0. The summed E-state index contributed by atoms with van der Waals surface area (Å²) in [4.78, 5) is 22.9. The van der Waals surface area contributed by atoms with Crippen molar-refractivity contribution in [3.63, 3.8) is 0 Å². The molecule has 4 nitrogen and oxygen atoms in total. The van der Waals surface area contributed by atoms with Crippen LogP contribution >= 0.6 is 0 Å². The molecule has 18 heavy (non-hydrogen) atoms. The van der Waals surface area contributed by atoms with Crippen LogP contribution in [0.15, 0.2) is 18.6 Å². The first-order valence-electron chi connectivity index (χ1n) is 6.57. The van der Waals surface area contributed by atoms with E-state index in [1.54, 1.807) is 18.6 Å². The monoisotopic (exact) mass is 247 g/mol.